The molecule has 0 aliphatic carbocycles. The maximum atomic E-state index is 5.79. The van der Waals surface area contributed by atoms with E-state index in [-0.39, 0.29) is 6.04 Å². The molecule has 142 valence electrons. The fourth-order valence-electron chi connectivity index (χ4n) is 4.02. The molecule has 1 fully saturated rings. The highest BCUT2D eigenvalue weighted by molar-refractivity contribution is 5.83. The van der Waals surface area contributed by atoms with Crippen molar-refractivity contribution < 1.29 is 4.74 Å². The number of nitrogens with zero attached hydrogens (tertiary/aromatic N) is 4. The summed E-state index contributed by atoms with van der Waals surface area (Å²) in [7, 11) is 2.11. The third-order valence-electron chi connectivity index (χ3n) is 5.48. The predicted octanol–water partition coefficient (Wildman–Crippen LogP) is 3.54. The zero-order valence-electron chi connectivity index (χ0n) is 15.9. The van der Waals surface area contributed by atoms with Crippen molar-refractivity contribution >= 4 is 10.9 Å². The van der Waals surface area contributed by atoms with Crippen LogP contribution in [0.2, 0.25) is 0 Å². The van der Waals surface area contributed by atoms with Gasteiger partial charge in [0.25, 0.3) is 0 Å². The Hall–Kier alpha value is -2.96. The SMILES string of the molecule is Cn1cc(CN2CCOC[C@H]2c2ncc(-c3cccnc3)[nH]2)c2ccccc21. The zero-order chi connectivity index (χ0) is 18.9. The number of hydrogen-bond donors (Lipinski definition) is 1. The van der Waals surface area contributed by atoms with E-state index in [4.69, 9.17) is 4.74 Å². The lowest BCUT2D eigenvalue weighted by Gasteiger charge is -2.34. The molecule has 0 amide bonds. The van der Waals surface area contributed by atoms with E-state index >= 15 is 0 Å². The van der Waals surface area contributed by atoms with Gasteiger partial charge in [-0.2, -0.15) is 0 Å². The number of aromatic amines is 1. The standard InChI is InChI=1S/C22H23N5O/c1-26-13-17(18-6-2-3-7-20(18)26)14-27-9-10-28-15-21(27)22-24-12-19(25-22)16-5-4-8-23-11-16/h2-8,11-13,21H,9-10,14-15H2,1H3,(H,24,25)/t21-/m0/s1. The summed E-state index contributed by atoms with van der Waals surface area (Å²) in [6.45, 7) is 3.15. The van der Waals surface area contributed by atoms with Gasteiger partial charge in [-0.1, -0.05) is 18.2 Å². The van der Waals surface area contributed by atoms with E-state index < -0.39 is 0 Å². The van der Waals surface area contributed by atoms with Crippen molar-refractivity contribution in [1.29, 1.82) is 0 Å². The normalized spacial score (nSPS) is 18.0. The van der Waals surface area contributed by atoms with Gasteiger partial charge in [-0.25, -0.2) is 4.98 Å². The lowest BCUT2D eigenvalue weighted by molar-refractivity contribution is -0.0154. The molecule has 4 heterocycles. The Labute approximate surface area is 163 Å². The summed E-state index contributed by atoms with van der Waals surface area (Å²) >= 11 is 0. The Morgan fingerprint density at radius 2 is 2.11 bits per heavy atom. The third kappa shape index (κ3) is 3.10. The van der Waals surface area contributed by atoms with Crippen LogP contribution in [0.5, 0.6) is 0 Å². The highest BCUT2D eigenvalue weighted by Gasteiger charge is 2.28. The smallest absolute Gasteiger partial charge is 0.126 e. The van der Waals surface area contributed by atoms with Gasteiger partial charge in [0, 0.05) is 55.2 Å². The zero-order valence-corrected chi connectivity index (χ0v) is 15.9. The van der Waals surface area contributed by atoms with Gasteiger partial charge in [-0.15, -0.1) is 0 Å². The van der Waals surface area contributed by atoms with Crippen LogP contribution in [-0.2, 0) is 18.3 Å². The Morgan fingerprint density at radius 3 is 3.00 bits per heavy atom. The molecule has 0 unspecified atom stereocenters. The van der Waals surface area contributed by atoms with Crippen LogP contribution >= 0.6 is 0 Å². The number of ether oxygens (including phenoxy) is 1. The van der Waals surface area contributed by atoms with E-state index in [0.717, 1.165) is 36.8 Å². The molecule has 1 aliphatic heterocycles. The van der Waals surface area contributed by atoms with E-state index in [9.17, 15) is 0 Å². The van der Waals surface area contributed by atoms with E-state index in [1.807, 2.05) is 24.5 Å². The molecule has 28 heavy (non-hydrogen) atoms. The maximum absolute atomic E-state index is 5.79. The second-order valence-corrected chi connectivity index (χ2v) is 7.27. The molecule has 5 rings (SSSR count). The summed E-state index contributed by atoms with van der Waals surface area (Å²) in [4.78, 5) is 14.8. The number of rotatable bonds is 4. The van der Waals surface area contributed by atoms with Crippen molar-refractivity contribution in [2.45, 2.75) is 12.6 Å². The Balaban J connectivity index is 1.43. The van der Waals surface area contributed by atoms with Crippen molar-refractivity contribution in [2.75, 3.05) is 19.8 Å². The van der Waals surface area contributed by atoms with Crippen LogP contribution in [0.3, 0.4) is 0 Å². The topological polar surface area (TPSA) is 59.0 Å². The van der Waals surface area contributed by atoms with Gasteiger partial charge in [-0.05, 0) is 23.8 Å². The molecule has 0 saturated carbocycles. The molecule has 1 atom stereocenters. The van der Waals surface area contributed by atoms with Crippen molar-refractivity contribution in [2.24, 2.45) is 7.05 Å². The van der Waals surface area contributed by atoms with Crippen LogP contribution in [0.25, 0.3) is 22.2 Å². The van der Waals surface area contributed by atoms with Crippen molar-refractivity contribution in [3.05, 3.63) is 72.6 Å². The van der Waals surface area contributed by atoms with Crippen LogP contribution in [0.4, 0.5) is 0 Å². The summed E-state index contributed by atoms with van der Waals surface area (Å²) in [6, 6.07) is 12.7. The minimum atomic E-state index is 0.109. The first-order chi connectivity index (χ1) is 13.8. The second-order valence-electron chi connectivity index (χ2n) is 7.27. The van der Waals surface area contributed by atoms with Crippen LogP contribution in [0.15, 0.2) is 61.2 Å². The number of imidazole rings is 1. The number of benzene rings is 1. The first kappa shape index (κ1) is 17.2. The molecule has 6 nitrogen and oxygen atoms in total. The second kappa shape index (κ2) is 7.22. The van der Waals surface area contributed by atoms with Crippen LogP contribution in [0.1, 0.15) is 17.4 Å². The molecule has 0 bridgehead atoms. The van der Waals surface area contributed by atoms with E-state index in [0.29, 0.717) is 6.61 Å². The Bertz CT molecular complexity index is 1080. The van der Waals surface area contributed by atoms with Gasteiger partial charge in [-0.3, -0.25) is 9.88 Å². The number of pyridine rings is 1. The maximum Gasteiger partial charge on any atom is 0.126 e. The molecule has 6 heteroatoms. The van der Waals surface area contributed by atoms with Crippen LogP contribution in [-0.4, -0.2) is 44.2 Å². The molecule has 4 aromatic rings. The Kier molecular flexibility index (Phi) is 4.43. The molecular weight excluding hydrogens is 350 g/mol. The fraction of sp³-hybridized carbons (Fsp3) is 0.273. The molecular formula is C22H23N5O. The van der Waals surface area contributed by atoms with Crippen molar-refractivity contribution in [3.8, 4) is 11.3 Å². The van der Waals surface area contributed by atoms with Gasteiger partial charge >= 0.3 is 0 Å². The summed E-state index contributed by atoms with van der Waals surface area (Å²) in [5.41, 5.74) is 4.63. The molecule has 0 spiro atoms. The molecule has 1 aromatic carbocycles. The molecule has 0 radical (unpaired) electrons. The van der Waals surface area contributed by atoms with Crippen LogP contribution in [0, 0.1) is 0 Å². The minimum absolute atomic E-state index is 0.109. The number of aryl methyl sites for hydroxylation is 1. The first-order valence-corrected chi connectivity index (χ1v) is 9.59. The summed E-state index contributed by atoms with van der Waals surface area (Å²) < 4.78 is 7.99. The molecule has 1 N–H and O–H groups in total. The lowest BCUT2D eigenvalue weighted by atomic mass is 10.1. The van der Waals surface area contributed by atoms with Crippen LogP contribution < -0.4 is 0 Å². The minimum Gasteiger partial charge on any atom is -0.378 e. The number of morpholine rings is 1. The quantitative estimate of drug-likeness (QED) is 0.594. The molecule has 1 saturated heterocycles. The average Bonchev–Trinajstić information content (AvgIpc) is 3.35. The van der Waals surface area contributed by atoms with Crippen molar-refractivity contribution in [1.82, 2.24) is 24.4 Å². The number of aromatic nitrogens is 4. The summed E-state index contributed by atoms with van der Waals surface area (Å²) in [5.74, 6) is 0.943. The van der Waals surface area contributed by atoms with Gasteiger partial charge in [0.15, 0.2) is 0 Å². The van der Waals surface area contributed by atoms with Gasteiger partial charge in [0.05, 0.1) is 31.1 Å². The third-order valence-corrected chi connectivity index (χ3v) is 5.48. The predicted molar refractivity (Wildman–Crippen MR) is 109 cm³/mol. The number of H-pyrrole nitrogens is 1. The van der Waals surface area contributed by atoms with Gasteiger partial charge < -0.3 is 14.3 Å². The highest BCUT2D eigenvalue weighted by Crippen LogP contribution is 2.29. The lowest BCUT2D eigenvalue weighted by Crippen LogP contribution is -2.39. The Morgan fingerprint density at radius 1 is 1.18 bits per heavy atom. The monoisotopic (exact) mass is 373 g/mol. The number of hydrogen-bond acceptors (Lipinski definition) is 4. The molecule has 1 aliphatic rings. The number of fused-ring (bicyclic) bond motifs is 1. The van der Waals surface area contributed by atoms with E-state index in [2.05, 4.69) is 61.9 Å². The average molecular weight is 373 g/mol. The van der Waals surface area contributed by atoms with E-state index in [1.54, 1.807) is 6.20 Å². The number of nitrogens with one attached hydrogen (secondary N) is 1. The summed E-state index contributed by atoms with van der Waals surface area (Å²) in [6.07, 6.45) is 7.75. The van der Waals surface area contributed by atoms with E-state index in [1.165, 1.54) is 16.5 Å². The molecule has 3 aromatic heterocycles. The summed E-state index contributed by atoms with van der Waals surface area (Å²) in [5, 5.41) is 1.31. The van der Waals surface area contributed by atoms with Crippen molar-refractivity contribution in [3.63, 3.8) is 0 Å². The van der Waals surface area contributed by atoms with Gasteiger partial charge in [0.2, 0.25) is 0 Å². The first-order valence-electron chi connectivity index (χ1n) is 9.59. The largest absolute Gasteiger partial charge is 0.378 e. The fourth-order valence-corrected chi connectivity index (χ4v) is 4.02. The highest BCUT2D eigenvalue weighted by atomic mass is 16.5. The van der Waals surface area contributed by atoms with Gasteiger partial charge in [0.1, 0.15) is 5.82 Å². The number of para-hydroxylation sites is 1.